The van der Waals surface area contributed by atoms with E-state index in [1.165, 1.54) is 13.8 Å². The number of carbonyl (C=O) groups is 1. The van der Waals surface area contributed by atoms with E-state index < -0.39 is 14.6 Å². The average Bonchev–Trinajstić information content (AvgIpc) is 2.34. The highest BCUT2D eigenvalue weighted by molar-refractivity contribution is 7.92. The van der Waals surface area contributed by atoms with Gasteiger partial charge in [-0.15, -0.1) is 0 Å². The molecular formula is C13H26N2O3S. The Labute approximate surface area is 116 Å². The van der Waals surface area contributed by atoms with Crippen molar-refractivity contribution in [3.63, 3.8) is 0 Å². The maximum Gasteiger partial charge on any atom is 0.243 e. The van der Waals surface area contributed by atoms with Gasteiger partial charge in [-0.1, -0.05) is 0 Å². The standard InChI is InChI=1S/C13H26N2O3S/c1-13(2,19(4,17)18)12(16)15-10-6-5-7-11(15)8-9-14-3/h11,14H,5-10H2,1-4H3. The number of amides is 1. The molecule has 0 bridgehead atoms. The number of likely N-dealkylation sites (tertiary alicyclic amines) is 1. The van der Waals surface area contributed by atoms with E-state index in [9.17, 15) is 13.2 Å². The van der Waals surface area contributed by atoms with Crippen molar-refractivity contribution in [2.24, 2.45) is 0 Å². The van der Waals surface area contributed by atoms with E-state index in [0.717, 1.165) is 38.5 Å². The molecule has 1 aliphatic heterocycles. The quantitative estimate of drug-likeness (QED) is 0.813. The zero-order chi connectivity index (χ0) is 14.7. The van der Waals surface area contributed by atoms with Gasteiger partial charge in [-0.05, 0) is 53.1 Å². The summed E-state index contributed by atoms with van der Waals surface area (Å²) in [5.41, 5.74) is 0. The fraction of sp³-hybridized carbons (Fsp3) is 0.923. The molecule has 0 aromatic rings. The molecule has 1 fully saturated rings. The highest BCUT2D eigenvalue weighted by Gasteiger charge is 2.43. The Morgan fingerprint density at radius 2 is 2.00 bits per heavy atom. The van der Waals surface area contributed by atoms with Crippen LogP contribution in [0.1, 0.15) is 39.5 Å². The fourth-order valence-electron chi connectivity index (χ4n) is 2.38. The van der Waals surface area contributed by atoms with Gasteiger partial charge in [0.1, 0.15) is 4.75 Å². The number of piperidine rings is 1. The van der Waals surface area contributed by atoms with Gasteiger partial charge in [0.25, 0.3) is 0 Å². The number of carbonyl (C=O) groups excluding carboxylic acids is 1. The van der Waals surface area contributed by atoms with Crippen molar-refractivity contribution in [2.45, 2.75) is 50.3 Å². The first-order chi connectivity index (χ1) is 8.71. The van der Waals surface area contributed by atoms with Crippen LogP contribution in [0, 0.1) is 0 Å². The summed E-state index contributed by atoms with van der Waals surface area (Å²) in [6.07, 6.45) is 5.05. The van der Waals surface area contributed by atoms with Crippen LogP contribution >= 0.6 is 0 Å². The summed E-state index contributed by atoms with van der Waals surface area (Å²) in [4.78, 5) is 14.3. The van der Waals surface area contributed by atoms with E-state index in [0.29, 0.717) is 6.54 Å². The van der Waals surface area contributed by atoms with E-state index in [4.69, 9.17) is 0 Å². The molecule has 0 spiro atoms. The number of sulfone groups is 1. The van der Waals surface area contributed by atoms with Crippen LogP contribution in [0.15, 0.2) is 0 Å². The molecule has 112 valence electrons. The number of nitrogens with zero attached hydrogens (tertiary/aromatic N) is 1. The summed E-state index contributed by atoms with van der Waals surface area (Å²) < 4.78 is 22.3. The second-order valence-electron chi connectivity index (χ2n) is 5.82. The van der Waals surface area contributed by atoms with Crippen molar-refractivity contribution in [3.8, 4) is 0 Å². The molecule has 0 aromatic heterocycles. The van der Waals surface area contributed by atoms with Crippen molar-refractivity contribution in [1.29, 1.82) is 0 Å². The summed E-state index contributed by atoms with van der Waals surface area (Å²) in [7, 11) is -1.52. The molecule has 5 nitrogen and oxygen atoms in total. The molecule has 1 saturated heterocycles. The number of nitrogens with one attached hydrogen (secondary N) is 1. The fourth-order valence-corrected chi connectivity index (χ4v) is 2.82. The lowest BCUT2D eigenvalue weighted by molar-refractivity contribution is -0.137. The molecule has 1 amide bonds. The third kappa shape index (κ3) is 3.69. The summed E-state index contributed by atoms with van der Waals surface area (Å²) in [6, 6.07) is 0.162. The van der Waals surface area contributed by atoms with Crippen LogP contribution in [0.5, 0.6) is 0 Å². The second kappa shape index (κ2) is 6.22. The third-order valence-electron chi connectivity index (χ3n) is 4.06. The Balaban J connectivity index is 2.88. The lowest BCUT2D eigenvalue weighted by Crippen LogP contribution is -2.55. The minimum atomic E-state index is -3.40. The van der Waals surface area contributed by atoms with Gasteiger partial charge < -0.3 is 10.2 Å². The summed E-state index contributed by atoms with van der Waals surface area (Å²) in [5, 5.41) is 3.09. The normalized spacial score (nSPS) is 21.5. The first-order valence-corrected chi connectivity index (χ1v) is 8.76. The van der Waals surface area contributed by atoms with Gasteiger partial charge in [-0.2, -0.15) is 0 Å². The predicted molar refractivity (Wildman–Crippen MR) is 76.8 cm³/mol. The Kier molecular flexibility index (Phi) is 5.38. The minimum absolute atomic E-state index is 0.162. The van der Waals surface area contributed by atoms with Gasteiger partial charge in [0.2, 0.25) is 5.91 Å². The summed E-state index contributed by atoms with van der Waals surface area (Å²) in [5.74, 6) is -0.254. The zero-order valence-electron chi connectivity index (χ0n) is 12.4. The zero-order valence-corrected chi connectivity index (χ0v) is 13.2. The SMILES string of the molecule is CNCCC1CCCCN1C(=O)C(C)(C)S(C)(=O)=O. The van der Waals surface area contributed by atoms with Crippen molar-refractivity contribution in [2.75, 3.05) is 26.4 Å². The van der Waals surface area contributed by atoms with Gasteiger partial charge >= 0.3 is 0 Å². The Morgan fingerprint density at radius 3 is 2.53 bits per heavy atom. The molecule has 1 heterocycles. The lowest BCUT2D eigenvalue weighted by atomic mass is 9.97. The number of hydrogen-bond donors (Lipinski definition) is 1. The molecule has 0 aliphatic carbocycles. The molecule has 19 heavy (non-hydrogen) atoms. The van der Waals surface area contributed by atoms with Crippen molar-refractivity contribution in [1.82, 2.24) is 10.2 Å². The summed E-state index contributed by atoms with van der Waals surface area (Å²) in [6.45, 7) is 4.53. The van der Waals surface area contributed by atoms with Crippen molar-refractivity contribution >= 4 is 15.7 Å². The molecule has 0 aromatic carbocycles. The maximum atomic E-state index is 12.6. The molecule has 1 rings (SSSR count). The third-order valence-corrected chi connectivity index (χ3v) is 6.09. The Bertz CT molecular complexity index is 418. The monoisotopic (exact) mass is 290 g/mol. The van der Waals surface area contributed by atoms with Gasteiger partial charge in [0.15, 0.2) is 9.84 Å². The van der Waals surface area contributed by atoms with Gasteiger partial charge in [-0.25, -0.2) is 8.42 Å². The van der Waals surface area contributed by atoms with Gasteiger partial charge in [0, 0.05) is 18.8 Å². The van der Waals surface area contributed by atoms with Crippen LogP contribution in [0.4, 0.5) is 0 Å². The predicted octanol–water partition coefficient (Wildman–Crippen LogP) is 0.800. The highest BCUT2D eigenvalue weighted by Crippen LogP contribution is 2.26. The second-order valence-corrected chi connectivity index (χ2v) is 8.39. The van der Waals surface area contributed by atoms with E-state index in [2.05, 4.69) is 5.32 Å². The van der Waals surface area contributed by atoms with E-state index in [1.54, 1.807) is 4.90 Å². The number of hydrogen-bond acceptors (Lipinski definition) is 4. The molecular weight excluding hydrogens is 264 g/mol. The van der Waals surface area contributed by atoms with Crippen molar-refractivity contribution in [3.05, 3.63) is 0 Å². The topological polar surface area (TPSA) is 66.5 Å². The van der Waals surface area contributed by atoms with E-state index in [1.807, 2.05) is 7.05 Å². The molecule has 1 unspecified atom stereocenters. The first kappa shape index (κ1) is 16.4. The smallest absolute Gasteiger partial charge is 0.243 e. The van der Waals surface area contributed by atoms with Crippen molar-refractivity contribution < 1.29 is 13.2 Å². The highest BCUT2D eigenvalue weighted by atomic mass is 32.2. The summed E-state index contributed by atoms with van der Waals surface area (Å²) >= 11 is 0. The minimum Gasteiger partial charge on any atom is -0.338 e. The Hall–Kier alpha value is -0.620. The molecule has 0 radical (unpaired) electrons. The lowest BCUT2D eigenvalue weighted by Gasteiger charge is -2.39. The van der Waals surface area contributed by atoms with Gasteiger partial charge in [0.05, 0.1) is 0 Å². The molecule has 1 N–H and O–H groups in total. The first-order valence-electron chi connectivity index (χ1n) is 6.87. The maximum absolute atomic E-state index is 12.6. The van der Waals surface area contributed by atoms with Crippen LogP contribution in [0.25, 0.3) is 0 Å². The molecule has 6 heteroatoms. The van der Waals surface area contributed by atoms with Crippen LogP contribution < -0.4 is 5.32 Å². The van der Waals surface area contributed by atoms with Crippen LogP contribution in [-0.4, -0.2) is 56.4 Å². The van der Waals surface area contributed by atoms with Crippen LogP contribution in [0.2, 0.25) is 0 Å². The molecule has 1 atom stereocenters. The number of rotatable bonds is 5. The molecule has 1 aliphatic rings. The van der Waals surface area contributed by atoms with Crippen LogP contribution in [0.3, 0.4) is 0 Å². The average molecular weight is 290 g/mol. The van der Waals surface area contributed by atoms with Crippen LogP contribution in [-0.2, 0) is 14.6 Å². The Morgan fingerprint density at radius 1 is 1.37 bits per heavy atom. The van der Waals surface area contributed by atoms with E-state index in [-0.39, 0.29) is 11.9 Å². The van der Waals surface area contributed by atoms with E-state index >= 15 is 0 Å². The van der Waals surface area contributed by atoms with Gasteiger partial charge in [-0.3, -0.25) is 4.79 Å². The molecule has 0 saturated carbocycles. The largest absolute Gasteiger partial charge is 0.338 e.